The maximum Gasteiger partial charge on any atom is 0.233 e. The average Bonchev–Trinajstić information content (AvgIpc) is 2.46. The van der Waals surface area contributed by atoms with E-state index in [9.17, 15) is 10.1 Å². The molecule has 0 bridgehead atoms. The Hall–Kier alpha value is -0.730. The molecule has 1 aliphatic carbocycles. The zero-order valence-electron chi connectivity index (χ0n) is 12.0. The molecule has 0 aromatic heterocycles. The molecule has 4 nitrogen and oxygen atoms in total. The summed E-state index contributed by atoms with van der Waals surface area (Å²) < 4.78 is 0. The van der Waals surface area contributed by atoms with Crippen molar-refractivity contribution < 1.29 is 4.79 Å². The fraction of sp³-hybridized carbons (Fsp3) is 0.857. The smallest absolute Gasteiger partial charge is 0.233 e. The van der Waals surface area contributed by atoms with Crippen LogP contribution in [0.25, 0.3) is 0 Å². The number of amides is 1. The predicted octanol–water partition coefficient (Wildman–Crippen LogP) is 2.14. The van der Waals surface area contributed by atoms with Crippen molar-refractivity contribution in [2.75, 3.05) is 18.6 Å². The standard InChI is InChI=1S/C14H25N3OS/c1-3-12(16)9-19-10-13(18)17(2)14(11-15)7-5-4-6-8-14/h12H,3-10,16H2,1-2H3. The first-order valence-electron chi connectivity index (χ1n) is 7.07. The highest BCUT2D eigenvalue weighted by Gasteiger charge is 2.38. The van der Waals surface area contributed by atoms with E-state index in [4.69, 9.17) is 5.73 Å². The van der Waals surface area contributed by atoms with Gasteiger partial charge in [0, 0.05) is 18.8 Å². The SMILES string of the molecule is CCC(N)CSCC(=O)N(C)C1(C#N)CCCCC1. The van der Waals surface area contributed by atoms with E-state index in [2.05, 4.69) is 6.07 Å². The van der Waals surface area contributed by atoms with Crippen LogP contribution in [-0.4, -0.2) is 40.9 Å². The Morgan fingerprint density at radius 2 is 2.11 bits per heavy atom. The number of hydrogen-bond acceptors (Lipinski definition) is 4. The van der Waals surface area contributed by atoms with Gasteiger partial charge in [0.1, 0.15) is 5.54 Å². The molecule has 0 aromatic rings. The molecular formula is C14H25N3OS. The maximum atomic E-state index is 12.2. The minimum atomic E-state index is -0.567. The number of nitriles is 1. The summed E-state index contributed by atoms with van der Waals surface area (Å²) in [7, 11) is 1.77. The fourth-order valence-corrected chi connectivity index (χ4v) is 3.43. The van der Waals surface area contributed by atoms with Crippen LogP contribution in [0.5, 0.6) is 0 Å². The fourth-order valence-electron chi connectivity index (χ4n) is 2.41. The van der Waals surface area contributed by atoms with Crippen molar-refractivity contribution in [3.63, 3.8) is 0 Å². The Labute approximate surface area is 120 Å². The number of carbonyl (C=O) groups is 1. The molecule has 1 amide bonds. The summed E-state index contributed by atoms with van der Waals surface area (Å²) in [6.45, 7) is 2.05. The van der Waals surface area contributed by atoms with E-state index >= 15 is 0 Å². The first kappa shape index (κ1) is 16.3. The molecule has 1 unspecified atom stereocenters. The second-order valence-electron chi connectivity index (χ2n) is 5.34. The Bertz CT molecular complexity index is 334. The van der Waals surface area contributed by atoms with E-state index in [-0.39, 0.29) is 11.9 Å². The molecule has 0 spiro atoms. The van der Waals surface area contributed by atoms with E-state index in [0.717, 1.165) is 37.9 Å². The number of nitrogens with zero attached hydrogens (tertiary/aromatic N) is 2. The van der Waals surface area contributed by atoms with Crippen molar-refractivity contribution in [2.24, 2.45) is 5.73 Å². The third kappa shape index (κ3) is 4.39. The van der Waals surface area contributed by atoms with Gasteiger partial charge in [-0.05, 0) is 19.3 Å². The lowest BCUT2D eigenvalue weighted by atomic mass is 9.81. The van der Waals surface area contributed by atoms with Crippen LogP contribution >= 0.6 is 11.8 Å². The van der Waals surface area contributed by atoms with Gasteiger partial charge in [-0.1, -0.05) is 26.2 Å². The molecule has 0 radical (unpaired) electrons. The van der Waals surface area contributed by atoms with Gasteiger partial charge in [-0.3, -0.25) is 4.79 Å². The summed E-state index contributed by atoms with van der Waals surface area (Å²) in [5, 5.41) is 9.44. The molecule has 108 valence electrons. The number of nitrogens with two attached hydrogens (primary N) is 1. The molecule has 1 saturated carbocycles. The summed E-state index contributed by atoms with van der Waals surface area (Å²) >= 11 is 1.57. The van der Waals surface area contributed by atoms with Crippen molar-refractivity contribution in [3.8, 4) is 6.07 Å². The van der Waals surface area contributed by atoms with Crippen LogP contribution < -0.4 is 5.73 Å². The highest BCUT2D eigenvalue weighted by atomic mass is 32.2. The summed E-state index contributed by atoms with van der Waals surface area (Å²) in [6.07, 6.45) is 5.80. The lowest BCUT2D eigenvalue weighted by Gasteiger charge is -2.39. The van der Waals surface area contributed by atoms with E-state index in [0.29, 0.717) is 5.75 Å². The molecule has 0 heterocycles. The van der Waals surface area contributed by atoms with E-state index in [1.165, 1.54) is 6.42 Å². The van der Waals surface area contributed by atoms with Gasteiger partial charge in [0.25, 0.3) is 0 Å². The first-order chi connectivity index (χ1) is 9.05. The summed E-state index contributed by atoms with van der Waals surface area (Å²) in [4.78, 5) is 13.9. The molecule has 1 rings (SSSR count). The molecule has 2 N–H and O–H groups in total. The Morgan fingerprint density at radius 1 is 1.47 bits per heavy atom. The molecule has 1 fully saturated rings. The topological polar surface area (TPSA) is 70.1 Å². The molecule has 0 aliphatic heterocycles. The number of rotatable bonds is 6. The predicted molar refractivity (Wildman–Crippen MR) is 79.8 cm³/mol. The van der Waals surface area contributed by atoms with Gasteiger partial charge in [-0.25, -0.2) is 0 Å². The lowest BCUT2D eigenvalue weighted by Crippen LogP contribution is -2.50. The van der Waals surface area contributed by atoms with Crippen LogP contribution in [-0.2, 0) is 4.79 Å². The quantitative estimate of drug-likeness (QED) is 0.811. The normalized spacial score (nSPS) is 19.5. The van der Waals surface area contributed by atoms with Crippen molar-refractivity contribution in [3.05, 3.63) is 0 Å². The summed E-state index contributed by atoms with van der Waals surface area (Å²) in [5.74, 6) is 1.28. The lowest BCUT2D eigenvalue weighted by molar-refractivity contribution is -0.131. The van der Waals surface area contributed by atoms with Crippen molar-refractivity contribution in [2.45, 2.75) is 57.0 Å². The Balaban J connectivity index is 2.48. The second kappa shape index (κ2) is 7.76. The van der Waals surface area contributed by atoms with Crippen molar-refractivity contribution in [1.29, 1.82) is 5.26 Å². The van der Waals surface area contributed by atoms with Gasteiger partial charge in [-0.15, -0.1) is 0 Å². The van der Waals surface area contributed by atoms with E-state index in [1.54, 1.807) is 23.7 Å². The minimum absolute atomic E-state index is 0.0525. The Morgan fingerprint density at radius 3 is 2.63 bits per heavy atom. The average molecular weight is 283 g/mol. The van der Waals surface area contributed by atoms with Gasteiger partial charge in [0.2, 0.25) is 5.91 Å². The second-order valence-corrected chi connectivity index (χ2v) is 6.37. The molecule has 0 aromatic carbocycles. The Kier molecular flexibility index (Phi) is 6.67. The third-order valence-corrected chi connectivity index (χ3v) is 5.10. The van der Waals surface area contributed by atoms with Crippen LogP contribution in [0.15, 0.2) is 0 Å². The van der Waals surface area contributed by atoms with Crippen LogP contribution in [0.2, 0.25) is 0 Å². The molecule has 1 atom stereocenters. The first-order valence-corrected chi connectivity index (χ1v) is 8.22. The highest BCUT2D eigenvalue weighted by Crippen LogP contribution is 2.32. The molecule has 19 heavy (non-hydrogen) atoms. The van der Waals surface area contributed by atoms with Gasteiger partial charge >= 0.3 is 0 Å². The van der Waals surface area contributed by atoms with Crippen LogP contribution in [0.1, 0.15) is 45.4 Å². The molecule has 0 saturated heterocycles. The maximum absolute atomic E-state index is 12.2. The third-order valence-electron chi connectivity index (χ3n) is 3.99. The van der Waals surface area contributed by atoms with Crippen LogP contribution in [0.3, 0.4) is 0 Å². The van der Waals surface area contributed by atoms with Gasteiger partial charge in [0.15, 0.2) is 0 Å². The summed E-state index contributed by atoms with van der Waals surface area (Å²) in [5.41, 5.74) is 5.27. The largest absolute Gasteiger partial charge is 0.327 e. The van der Waals surface area contributed by atoms with E-state index < -0.39 is 5.54 Å². The number of carbonyl (C=O) groups excluding carboxylic acids is 1. The van der Waals surface area contributed by atoms with Crippen LogP contribution in [0, 0.1) is 11.3 Å². The zero-order valence-corrected chi connectivity index (χ0v) is 12.8. The van der Waals surface area contributed by atoms with E-state index in [1.807, 2.05) is 6.92 Å². The van der Waals surface area contributed by atoms with Gasteiger partial charge in [0.05, 0.1) is 11.8 Å². The number of thioether (sulfide) groups is 1. The van der Waals surface area contributed by atoms with Gasteiger partial charge in [-0.2, -0.15) is 17.0 Å². The molecule has 1 aliphatic rings. The molecular weight excluding hydrogens is 258 g/mol. The van der Waals surface area contributed by atoms with Crippen LogP contribution in [0.4, 0.5) is 0 Å². The minimum Gasteiger partial charge on any atom is -0.327 e. The van der Waals surface area contributed by atoms with Gasteiger partial charge < -0.3 is 10.6 Å². The van der Waals surface area contributed by atoms with Crippen molar-refractivity contribution in [1.82, 2.24) is 4.90 Å². The highest BCUT2D eigenvalue weighted by molar-refractivity contribution is 7.99. The molecule has 5 heteroatoms. The van der Waals surface area contributed by atoms with Crippen molar-refractivity contribution >= 4 is 17.7 Å². The number of hydrogen-bond donors (Lipinski definition) is 1. The monoisotopic (exact) mass is 283 g/mol. The zero-order chi connectivity index (χ0) is 14.3. The summed E-state index contributed by atoms with van der Waals surface area (Å²) in [6, 6.07) is 2.53.